The number of nitrogens with one attached hydrogen (secondary N) is 1. The summed E-state index contributed by atoms with van der Waals surface area (Å²) in [5.74, 6) is 1.41. The van der Waals surface area contributed by atoms with Gasteiger partial charge in [0.05, 0.1) is 13.2 Å². The van der Waals surface area contributed by atoms with Crippen LogP contribution < -0.4 is 0 Å². The molecule has 1 aliphatic carbocycles. The Bertz CT molecular complexity index is 745. The minimum atomic E-state index is -0.282. The topological polar surface area (TPSA) is 71.1 Å². The molecule has 0 bridgehead atoms. The molecule has 0 spiro atoms. The van der Waals surface area contributed by atoms with Crippen LogP contribution in [0.25, 0.3) is 0 Å². The summed E-state index contributed by atoms with van der Waals surface area (Å²) in [6.07, 6.45) is 0.544. The molecule has 2 heterocycles. The Morgan fingerprint density at radius 2 is 2.17 bits per heavy atom. The minimum absolute atomic E-state index is 0.0110. The van der Waals surface area contributed by atoms with Gasteiger partial charge in [0.2, 0.25) is 5.91 Å². The molecule has 0 radical (unpaired) electrons. The fourth-order valence-corrected chi connectivity index (χ4v) is 3.29. The number of carbonyl (C=O) groups is 1. The van der Waals surface area contributed by atoms with Gasteiger partial charge in [-0.05, 0) is 37.0 Å². The summed E-state index contributed by atoms with van der Waals surface area (Å²) in [6.45, 7) is 3.38. The summed E-state index contributed by atoms with van der Waals surface area (Å²) in [5, 5.41) is 6.93. The molecule has 1 saturated carbocycles. The van der Waals surface area contributed by atoms with E-state index in [0.717, 1.165) is 17.8 Å². The van der Waals surface area contributed by atoms with Gasteiger partial charge < -0.3 is 9.64 Å². The van der Waals surface area contributed by atoms with E-state index in [1.807, 2.05) is 11.8 Å². The fourth-order valence-electron chi connectivity index (χ4n) is 3.29. The SMILES string of the molecule is Cc1nc([C@@H]2CN(C(=O)[C@@H]3C[C@@H]3c3ccc(F)cc3)CCO2)n[nH]1. The number of ether oxygens (including phenoxy) is 1. The van der Waals surface area contributed by atoms with Gasteiger partial charge in [-0.1, -0.05) is 12.1 Å². The van der Waals surface area contributed by atoms with Crippen LogP contribution in [0.2, 0.25) is 0 Å². The number of benzene rings is 1. The number of nitrogens with zero attached hydrogens (tertiary/aromatic N) is 3. The molecule has 1 aliphatic heterocycles. The maximum atomic E-state index is 13.0. The molecule has 2 aromatic rings. The zero-order valence-electron chi connectivity index (χ0n) is 13.4. The molecule has 2 aliphatic rings. The van der Waals surface area contributed by atoms with Gasteiger partial charge in [-0.3, -0.25) is 9.89 Å². The molecular formula is C17H19FN4O2. The summed E-state index contributed by atoms with van der Waals surface area (Å²) < 4.78 is 18.7. The predicted octanol–water partition coefficient (Wildman–Crippen LogP) is 1.96. The first kappa shape index (κ1) is 15.3. The Morgan fingerprint density at radius 1 is 1.38 bits per heavy atom. The third-order valence-electron chi connectivity index (χ3n) is 4.69. The normalized spacial score (nSPS) is 26.4. The first-order valence-corrected chi connectivity index (χ1v) is 8.16. The van der Waals surface area contributed by atoms with E-state index in [1.54, 1.807) is 12.1 Å². The average Bonchev–Trinajstić information content (AvgIpc) is 3.28. The van der Waals surface area contributed by atoms with Crippen LogP contribution in [0.4, 0.5) is 4.39 Å². The maximum Gasteiger partial charge on any atom is 0.226 e. The lowest BCUT2D eigenvalue weighted by Crippen LogP contribution is -2.43. The van der Waals surface area contributed by atoms with Crippen molar-refractivity contribution in [3.63, 3.8) is 0 Å². The molecule has 1 amide bonds. The number of halogens is 1. The number of hydrogen-bond donors (Lipinski definition) is 1. The number of aromatic amines is 1. The van der Waals surface area contributed by atoms with Crippen LogP contribution in [0, 0.1) is 18.7 Å². The molecule has 0 unspecified atom stereocenters. The summed E-state index contributed by atoms with van der Waals surface area (Å²) >= 11 is 0. The van der Waals surface area contributed by atoms with E-state index >= 15 is 0 Å². The molecule has 4 rings (SSSR count). The number of aryl methyl sites for hydroxylation is 1. The van der Waals surface area contributed by atoms with Crippen LogP contribution in [-0.2, 0) is 9.53 Å². The molecule has 24 heavy (non-hydrogen) atoms. The highest BCUT2D eigenvalue weighted by atomic mass is 19.1. The maximum absolute atomic E-state index is 13.0. The smallest absolute Gasteiger partial charge is 0.226 e. The van der Waals surface area contributed by atoms with Gasteiger partial charge in [0.25, 0.3) is 0 Å². The van der Waals surface area contributed by atoms with Crippen LogP contribution in [0.5, 0.6) is 0 Å². The second-order valence-corrected chi connectivity index (χ2v) is 6.42. The van der Waals surface area contributed by atoms with Crippen molar-refractivity contribution in [2.45, 2.75) is 25.4 Å². The third-order valence-corrected chi connectivity index (χ3v) is 4.69. The standard InChI is InChI=1S/C17H19FN4O2/c1-10-19-16(21-20-10)15-9-22(6-7-24-15)17(23)14-8-13(14)11-2-4-12(18)5-3-11/h2-5,13-15H,6-9H2,1H3,(H,19,20,21)/t13-,14-,15+/m1/s1. The highest BCUT2D eigenvalue weighted by Crippen LogP contribution is 2.48. The number of hydrogen-bond acceptors (Lipinski definition) is 4. The van der Waals surface area contributed by atoms with E-state index in [-0.39, 0.29) is 29.7 Å². The minimum Gasteiger partial charge on any atom is -0.366 e. The number of rotatable bonds is 3. The van der Waals surface area contributed by atoms with E-state index in [4.69, 9.17) is 4.74 Å². The average molecular weight is 330 g/mol. The Hall–Kier alpha value is -2.28. The number of aromatic nitrogens is 3. The highest BCUT2D eigenvalue weighted by Gasteiger charge is 2.46. The molecule has 6 nitrogen and oxygen atoms in total. The number of morpholine rings is 1. The van der Waals surface area contributed by atoms with E-state index in [0.29, 0.717) is 25.5 Å². The van der Waals surface area contributed by atoms with Crippen LogP contribution in [0.15, 0.2) is 24.3 Å². The van der Waals surface area contributed by atoms with Gasteiger partial charge in [-0.15, -0.1) is 0 Å². The van der Waals surface area contributed by atoms with Gasteiger partial charge >= 0.3 is 0 Å². The van der Waals surface area contributed by atoms with Crippen molar-refractivity contribution < 1.29 is 13.9 Å². The Kier molecular flexibility index (Phi) is 3.80. The van der Waals surface area contributed by atoms with Gasteiger partial charge in [-0.2, -0.15) is 5.10 Å². The molecule has 1 aromatic heterocycles. The Morgan fingerprint density at radius 3 is 2.88 bits per heavy atom. The second kappa shape index (κ2) is 5.98. The molecule has 2 fully saturated rings. The molecule has 126 valence electrons. The quantitative estimate of drug-likeness (QED) is 0.934. The van der Waals surface area contributed by atoms with Crippen LogP contribution in [-0.4, -0.2) is 45.7 Å². The van der Waals surface area contributed by atoms with Crippen molar-refractivity contribution in [1.29, 1.82) is 0 Å². The lowest BCUT2D eigenvalue weighted by Gasteiger charge is -2.32. The van der Waals surface area contributed by atoms with E-state index in [2.05, 4.69) is 15.2 Å². The molecular weight excluding hydrogens is 311 g/mol. The molecule has 1 N–H and O–H groups in total. The van der Waals surface area contributed by atoms with Crippen molar-refractivity contribution >= 4 is 5.91 Å². The zero-order chi connectivity index (χ0) is 16.7. The number of carbonyl (C=O) groups excluding carboxylic acids is 1. The summed E-state index contributed by atoms with van der Waals surface area (Å²) in [7, 11) is 0. The van der Waals surface area contributed by atoms with E-state index in [1.165, 1.54) is 12.1 Å². The van der Waals surface area contributed by atoms with Gasteiger partial charge in [0.15, 0.2) is 5.82 Å². The Balaban J connectivity index is 1.41. The summed E-state index contributed by atoms with van der Waals surface area (Å²) in [6, 6.07) is 6.44. The van der Waals surface area contributed by atoms with Crippen molar-refractivity contribution in [2.75, 3.05) is 19.7 Å². The first-order chi connectivity index (χ1) is 11.6. The predicted molar refractivity (Wildman–Crippen MR) is 83.6 cm³/mol. The molecule has 1 saturated heterocycles. The zero-order valence-corrected chi connectivity index (χ0v) is 13.4. The second-order valence-electron chi connectivity index (χ2n) is 6.42. The molecule has 1 aromatic carbocycles. The van der Waals surface area contributed by atoms with E-state index in [9.17, 15) is 9.18 Å². The van der Waals surface area contributed by atoms with Crippen LogP contribution in [0.3, 0.4) is 0 Å². The summed E-state index contributed by atoms with van der Waals surface area (Å²) in [4.78, 5) is 18.9. The van der Waals surface area contributed by atoms with Crippen molar-refractivity contribution in [3.05, 3.63) is 47.3 Å². The van der Waals surface area contributed by atoms with Gasteiger partial charge in [-0.25, -0.2) is 9.37 Å². The van der Waals surface area contributed by atoms with Crippen LogP contribution in [0.1, 0.15) is 35.7 Å². The Labute approximate surface area is 139 Å². The fraction of sp³-hybridized carbons (Fsp3) is 0.471. The van der Waals surface area contributed by atoms with Crippen molar-refractivity contribution in [1.82, 2.24) is 20.1 Å². The van der Waals surface area contributed by atoms with Crippen molar-refractivity contribution in [3.8, 4) is 0 Å². The van der Waals surface area contributed by atoms with Crippen molar-refractivity contribution in [2.24, 2.45) is 5.92 Å². The third kappa shape index (κ3) is 2.91. The van der Waals surface area contributed by atoms with Crippen LogP contribution >= 0.6 is 0 Å². The molecule has 3 atom stereocenters. The highest BCUT2D eigenvalue weighted by molar-refractivity contribution is 5.83. The number of amides is 1. The number of H-pyrrole nitrogens is 1. The summed E-state index contributed by atoms with van der Waals surface area (Å²) in [5.41, 5.74) is 1.03. The molecule has 7 heteroatoms. The lowest BCUT2D eigenvalue weighted by atomic mass is 10.1. The van der Waals surface area contributed by atoms with E-state index < -0.39 is 0 Å². The monoisotopic (exact) mass is 330 g/mol. The van der Waals surface area contributed by atoms with Gasteiger partial charge in [0.1, 0.15) is 17.7 Å². The lowest BCUT2D eigenvalue weighted by molar-refractivity contribution is -0.140. The largest absolute Gasteiger partial charge is 0.366 e. The first-order valence-electron chi connectivity index (χ1n) is 8.16. The van der Waals surface area contributed by atoms with Gasteiger partial charge in [0, 0.05) is 12.5 Å².